The molecular formula is C20H23BrN2O3. The van der Waals surface area contributed by atoms with Gasteiger partial charge in [0.15, 0.2) is 11.5 Å². The molecule has 0 spiro atoms. The Morgan fingerprint density at radius 2 is 1.77 bits per heavy atom. The van der Waals surface area contributed by atoms with E-state index >= 15 is 0 Å². The van der Waals surface area contributed by atoms with Gasteiger partial charge in [0.1, 0.15) is 0 Å². The van der Waals surface area contributed by atoms with Gasteiger partial charge in [-0.2, -0.15) is 5.10 Å². The summed E-state index contributed by atoms with van der Waals surface area (Å²) in [7, 11) is 0. The van der Waals surface area contributed by atoms with Gasteiger partial charge >= 0.3 is 0 Å². The molecule has 5 nitrogen and oxygen atoms in total. The first-order chi connectivity index (χ1) is 12.6. The van der Waals surface area contributed by atoms with Crippen LogP contribution in [0, 0.1) is 23.2 Å². The van der Waals surface area contributed by atoms with E-state index in [1.165, 1.54) is 38.5 Å². The summed E-state index contributed by atoms with van der Waals surface area (Å²) in [6.07, 6.45) is 10.2. The molecule has 6 heteroatoms. The molecule has 26 heavy (non-hydrogen) atoms. The van der Waals surface area contributed by atoms with Crippen LogP contribution in [-0.4, -0.2) is 18.9 Å². The number of rotatable bonds is 4. The Hall–Kier alpha value is -1.56. The summed E-state index contributed by atoms with van der Waals surface area (Å²) in [6.45, 7) is 0.240. The number of hydrogen-bond acceptors (Lipinski definition) is 4. The molecule has 1 N–H and O–H groups in total. The number of ether oxygens (including phenoxy) is 2. The minimum absolute atomic E-state index is 0.0417. The van der Waals surface area contributed by atoms with Crippen molar-refractivity contribution >= 4 is 28.1 Å². The number of nitrogens with zero attached hydrogens (tertiary/aromatic N) is 1. The Morgan fingerprint density at radius 1 is 1.15 bits per heavy atom. The third kappa shape index (κ3) is 3.02. The number of fused-ring (bicyclic) bond motifs is 1. The molecule has 1 aliphatic heterocycles. The molecule has 4 aliphatic carbocycles. The van der Waals surface area contributed by atoms with Crippen LogP contribution in [0.2, 0.25) is 0 Å². The molecule has 1 heterocycles. The molecule has 1 amide bonds. The molecule has 1 aromatic rings. The fourth-order valence-corrected chi connectivity index (χ4v) is 6.52. The highest BCUT2D eigenvalue weighted by Crippen LogP contribution is 2.61. The van der Waals surface area contributed by atoms with Gasteiger partial charge < -0.3 is 9.47 Å². The minimum Gasteiger partial charge on any atom is -0.454 e. The highest BCUT2D eigenvalue weighted by atomic mass is 79.9. The standard InChI is InChI=1S/C20H23BrN2O3/c21-16-5-18-17(25-11-26-18)4-15(16)10-22-23-19(24)9-20-6-12-1-13(7-20)3-14(2-12)8-20/h4-5,10,12-14H,1-3,6-9,11H2,(H,23,24)/b22-10-. The molecule has 1 aromatic carbocycles. The average molecular weight is 419 g/mol. The number of carbonyl (C=O) groups is 1. The molecule has 0 aromatic heterocycles. The van der Waals surface area contributed by atoms with E-state index in [-0.39, 0.29) is 18.1 Å². The van der Waals surface area contributed by atoms with Crippen LogP contribution in [0.1, 0.15) is 50.5 Å². The predicted octanol–water partition coefficient (Wildman–Crippen LogP) is 4.23. The number of amides is 1. The number of hydrazone groups is 1. The van der Waals surface area contributed by atoms with Crippen molar-refractivity contribution in [3.8, 4) is 11.5 Å². The summed E-state index contributed by atoms with van der Waals surface area (Å²) >= 11 is 3.50. The lowest BCUT2D eigenvalue weighted by molar-refractivity contribution is -0.129. The summed E-state index contributed by atoms with van der Waals surface area (Å²) in [4.78, 5) is 12.5. The van der Waals surface area contributed by atoms with Gasteiger partial charge in [-0.3, -0.25) is 4.79 Å². The van der Waals surface area contributed by atoms with Crippen LogP contribution in [0.25, 0.3) is 0 Å². The van der Waals surface area contributed by atoms with Crippen molar-refractivity contribution in [1.82, 2.24) is 5.43 Å². The van der Waals surface area contributed by atoms with Gasteiger partial charge in [-0.05, 0) is 89.8 Å². The highest BCUT2D eigenvalue weighted by molar-refractivity contribution is 9.10. The zero-order valence-electron chi connectivity index (χ0n) is 14.7. The van der Waals surface area contributed by atoms with Crippen molar-refractivity contribution in [3.05, 3.63) is 22.2 Å². The van der Waals surface area contributed by atoms with E-state index < -0.39 is 0 Å². The lowest BCUT2D eigenvalue weighted by Gasteiger charge is -2.56. The molecule has 0 saturated heterocycles. The molecule has 6 rings (SSSR count). The molecule has 0 unspecified atom stereocenters. The fourth-order valence-electron chi connectivity index (χ4n) is 6.09. The fraction of sp³-hybridized carbons (Fsp3) is 0.600. The summed E-state index contributed by atoms with van der Waals surface area (Å²) in [6, 6.07) is 3.72. The summed E-state index contributed by atoms with van der Waals surface area (Å²) in [5, 5.41) is 4.18. The van der Waals surface area contributed by atoms with Gasteiger partial charge in [-0.25, -0.2) is 5.43 Å². The summed E-state index contributed by atoms with van der Waals surface area (Å²) in [5.74, 6) is 4.06. The van der Waals surface area contributed by atoms with E-state index in [9.17, 15) is 4.79 Å². The molecule has 4 fully saturated rings. The van der Waals surface area contributed by atoms with Crippen LogP contribution in [0.3, 0.4) is 0 Å². The van der Waals surface area contributed by atoms with E-state index in [0.717, 1.165) is 33.5 Å². The van der Waals surface area contributed by atoms with Gasteiger partial charge in [-0.15, -0.1) is 0 Å². The molecule has 4 bridgehead atoms. The second kappa shape index (κ2) is 6.25. The van der Waals surface area contributed by atoms with Gasteiger partial charge in [-0.1, -0.05) is 0 Å². The minimum atomic E-state index is 0.0417. The molecule has 5 aliphatic rings. The van der Waals surface area contributed by atoms with Gasteiger partial charge in [0.25, 0.3) is 0 Å². The van der Waals surface area contributed by atoms with Crippen LogP contribution >= 0.6 is 15.9 Å². The van der Waals surface area contributed by atoms with Crippen molar-refractivity contribution in [2.24, 2.45) is 28.3 Å². The molecule has 0 atom stereocenters. The lowest BCUT2D eigenvalue weighted by atomic mass is 9.49. The third-order valence-electron chi connectivity index (χ3n) is 6.59. The smallest absolute Gasteiger partial charge is 0.240 e. The Bertz CT molecular complexity index is 741. The highest BCUT2D eigenvalue weighted by Gasteiger charge is 2.51. The normalized spacial score (nSPS) is 33.8. The first kappa shape index (κ1) is 16.6. The van der Waals surface area contributed by atoms with Crippen molar-refractivity contribution < 1.29 is 14.3 Å². The van der Waals surface area contributed by atoms with Crippen LogP contribution in [0.15, 0.2) is 21.7 Å². The Kier molecular flexibility index (Phi) is 3.99. The zero-order valence-corrected chi connectivity index (χ0v) is 16.3. The molecular weight excluding hydrogens is 396 g/mol. The van der Waals surface area contributed by atoms with Gasteiger partial charge in [0, 0.05) is 16.5 Å². The Labute approximate surface area is 161 Å². The maximum absolute atomic E-state index is 12.5. The number of benzene rings is 1. The summed E-state index contributed by atoms with van der Waals surface area (Å²) in [5.41, 5.74) is 3.83. The van der Waals surface area contributed by atoms with E-state index in [1.807, 2.05) is 12.1 Å². The number of hydrogen-bond donors (Lipinski definition) is 1. The van der Waals surface area contributed by atoms with E-state index in [1.54, 1.807) is 6.21 Å². The second-order valence-corrected chi connectivity index (χ2v) is 9.47. The second-order valence-electron chi connectivity index (χ2n) is 8.61. The topological polar surface area (TPSA) is 59.9 Å². The Balaban J connectivity index is 1.22. The van der Waals surface area contributed by atoms with Crippen LogP contribution in [0.5, 0.6) is 11.5 Å². The monoisotopic (exact) mass is 418 g/mol. The number of nitrogens with one attached hydrogen (secondary N) is 1. The van der Waals surface area contributed by atoms with Crippen LogP contribution in [-0.2, 0) is 4.79 Å². The van der Waals surface area contributed by atoms with Gasteiger partial charge in [0.05, 0.1) is 6.21 Å². The third-order valence-corrected chi connectivity index (χ3v) is 7.27. The first-order valence-electron chi connectivity index (χ1n) is 9.50. The average Bonchev–Trinajstić information content (AvgIpc) is 3.00. The maximum atomic E-state index is 12.5. The quantitative estimate of drug-likeness (QED) is 0.587. The van der Waals surface area contributed by atoms with E-state index in [0.29, 0.717) is 12.2 Å². The predicted molar refractivity (Wildman–Crippen MR) is 101 cm³/mol. The Morgan fingerprint density at radius 3 is 2.42 bits per heavy atom. The molecule has 0 radical (unpaired) electrons. The van der Waals surface area contributed by atoms with Gasteiger partial charge in [0.2, 0.25) is 12.7 Å². The van der Waals surface area contributed by atoms with Crippen molar-refractivity contribution in [3.63, 3.8) is 0 Å². The number of halogens is 1. The zero-order chi connectivity index (χ0) is 17.7. The van der Waals surface area contributed by atoms with E-state index in [2.05, 4.69) is 26.5 Å². The van der Waals surface area contributed by atoms with E-state index in [4.69, 9.17) is 9.47 Å². The van der Waals surface area contributed by atoms with Crippen LogP contribution < -0.4 is 14.9 Å². The SMILES string of the molecule is O=C(CC12CC3CC(CC(C3)C1)C2)N/N=C\c1cc2c(cc1Br)OCO2. The maximum Gasteiger partial charge on any atom is 0.240 e. The largest absolute Gasteiger partial charge is 0.454 e. The molecule has 4 saturated carbocycles. The van der Waals surface area contributed by atoms with Crippen LogP contribution in [0.4, 0.5) is 0 Å². The number of carbonyl (C=O) groups excluding carboxylic acids is 1. The first-order valence-corrected chi connectivity index (χ1v) is 10.3. The van der Waals surface area contributed by atoms with Crippen molar-refractivity contribution in [2.75, 3.05) is 6.79 Å². The molecule has 138 valence electrons. The van der Waals surface area contributed by atoms with Crippen molar-refractivity contribution in [2.45, 2.75) is 44.9 Å². The van der Waals surface area contributed by atoms with Crippen molar-refractivity contribution in [1.29, 1.82) is 0 Å². The lowest BCUT2D eigenvalue weighted by Crippen LogP contribution is -2.47. The summed E-state index contributed by atoms with van der Waals surface area (Å²) < 4.78 is 11.6.